The van der Waals surface area contributed by atoms with Gasteiger partial charge in [-0.25, -0.2) is 4.39 Å². The van der Waals surface area contributed by atoms with E-state index in [0.29, 0.717) is 10.6 Å². The Labute approximate surface area is 98.8 Å². The number of alkyl halides is 1. The van der Waals surface area contributed by atoms with Gasteiger partial charge in [0.1, 0.15) is 11.6 Å². The Morgan fingerprint density at radius 1 is 1.40 bits per heavy atom. The zero-order valence-corrected chi connectivity index (χ0v) is 10.8. The number of methoxy groups -OCH3 is 1. The highest BCUT2D eigenvalue weighted by molar-refractivity contribution is 9.09. The van der Waals surface area contributed by atoms with Crippen LogP contribution in [-0.4, -0.2) is 11.9 Å². The standard InChI is InChI=1S/C12H16BrFO/c1-8(6-9(2)13)11-5-4-10(15-3)7-12(11)14/h4-5,7-9H,6H2,1-3H3. The van der Waals surface area contributed by atoms with Crippen LogP contribution >= 0.6 is 15.9 Å². The van der Waals surface area contributed by atoms with Crippen LogP contribution in [0.2, 0.25) is 0 Å². The van der Waals surface area contributed by atoms with Gasteiger partial charge in [0.15, 0.2) is 0 Å². The van der Waals surface area contributed by atoms with Crippen molar-refractivity contribution in [1.82, 2.24) is 0 Å². The zero-order chi connectivity index (χ0) is 11.4. The van der Waals surface area contributed by atoms with Crippen molar-refractivity contribution in [2.24, 2.45) is 0 Å². The van der Waals surface area contributed by atoms with Crippen LogP contribution in [0.1, 0.15) is 31.7 Å². The molecule has 0 spiro atoms. The second-order valence-corrected chi connectivity index (χ2v) is 5.37. The van der Waals surface area contributed by atoms with Gasteiger partial charge in [0.2, 0.25) is 0 Å². The fraction of sp³-hybridized carbons (Fsp3) is 0.500. The Morgan fingerprint density at radius 2 is 2.07 bits per heavy atom. The molecule has 0 aliphatic carbocycles. The van der Waals surface area contributed by atoms with E-state index >= 15 is 0 Å². The minimum atomic E-state index is -0.185. The van der Waals surface area contributed by atoms with Crippen LogP contribution in [0.15, 0.2) is 18.2 Å². The third kappa shape index (κ3) is 3.49. The molecule has 0 aliphatic heterocycles. The first-order valence-electron chi connectivity index (χ1n) is 5.02. The van der Waals surface area contributed by atoms with Gasteiger partial charge in [-0.3, -0.25) is 0 Å². The number of hydrogen-bond donors (Lipinski definition) is 0. The lowest BCUT2D eigenvalue weighted by molar-refractivity contribution is 0.410. The first kappa shape index (κ1) is 12.5. The molecule has 0 fully saturated rings. The van der Waals surface area contributed by atoms with Crippen LogP contribution in [0.3, 0.4) is 0 Å². The highest BCUT2D eigenvalue weighted by Gasteiger charge is 2.13. The van der Waals surface area contributed by atoms with E-state index in [4.69, 9.17) is 4.74 Å². The first-order chi connectivity index (χ1) is 7.04. The molecule has 0 radical (unpaired) electrons. The molecule has 0 saturated heterocycles. The second-order valence-electron chi connectivity index (χ2n) is 3.80. The summed E-state index contributed by atoms with van der Waals surface area (Å²) in [6.07, 6.45) is 0.920. The van der Waals surface area contributed by atoms with Crippen LogP contribution in [-0.2, 0) is 0 Å². The van der Waals surface area contributed by atoms with E-state index < -0.39 is 0 Å². The predicted octanol–water partition coefficient (Wildman–Crippen LogP) is 4.11. The SMILES string of the molecule is COc1ccc(C(C)CC(C)Br)c(F)c1. The molecule has 3 heteroatoms. The van der Waals surface area contributed by atoms with Gasteiger partial charge in [0, 0.05) is 10.9 Å². The minimum absolute atomic E-state index is 0.185. The van der Waals surface area contributed by atoms with Crippen molar-refractivity contribution in [3.63, 3.8) is 0 Å². The summed E-state index contributed by atoms with van der Waals surface area (Å²) in [5, 5.41) is 0. The molecule has 0 aromatic heterocycles. The second kappa shape index (κ2) is 5.50. The molecule has 0 saturated carbocycles. The molecule has 15 heavy (non-hydrogen) atoms. The summed E-state index contributed by atoms with van der Waals surface area (Å²) >= 11 is 3.48. The van der Waals surface area contributed by atoms with Crippen LogP contribution in [0.4, 0.5) is 4.39 Å². The van der Waals surface area contributed by atoms with Crippen molar-refractivity contribution in [2.75, 3.05) is 7.11 Å². The molecule has 0 bridgehead atoms. The normalized spacial score (nSPS) is 14.7. The summed E-state index contributed by atoms with van der Waals surface area (Å²) < 4.78 is 18.6. The fourth-order valence-corrected chi connectivity index (χ4v) is 2.21. The molecule has 0 aliphatic rings. The fourth-order valence-electron chi connectivity index (χ4n) is 1.65. The maximum atomic E-state index is 13.6. The Morgan fingerprint density at radius 3 is 2.53 bits per heavy atom. The summed E-state index contributed by atoms with van der Waals surface area (Å²) in [5.41, 5.74) is 0.752. The van der Waals surface area contributed by atoms with Gasteiger partial charge in [-0.05, 0) is 24.0 Å². The van der Waals surface area contributed by atoms with Crippen LogP contribution < -0.4 is 4.74 Å². The molecule has 1 aromatic carbocycles. The number of halogens is 2. The van der Waals surface area contributed by atoms with Crippen molar-refractivity contribution < 1.29 is 9.13 Å². The summed E-state index contributed by atoms with van der Waals surface area (Å²) in [5.74, 6) is 0.593. The quantitative estimate of drug-likeness (QED) is 0.751. The molecule has 1 aromatic rings. The van der Waals surface area contributed by atoms with Gasteiger partial charge < -0.3 is 4.74 Å². The van der Waals surface area contributed by atoms with Crippen molar-refractivity contribution in [1.29, 1.82) is 0 Å². The zero-order valence-electron chi connectivity index (χ0n) is 9.26. The van der Waals surface area contributed by atoms with E-state index in [1.165, 1.54) is 6.07 Å². The van der Waals surface area contributed by atoms with Crippen molar-refractivity contribution >= 4 is 15.9 Å². The topological polar surface area (TPSA) is 9.23 Å². The summed E-state index contributed by atoms with van der Waals surface area (Å²) in [4.78, 5) is 0.397. The van der Waals surface area contributed by atoms with Crippen molar-refractivity contribution in [3.8, 4) is 5.75 Å². The van der Waals surface area contributed by atoms with Gasteiger partial charge in [0.05, 0.1) is 7.11 Å². The maximum Gasteiger partial charge on any atom is 0.130 e. The van der Waals surface area contributed by atoms with E-state index in [1.807, 2.05) is 6.92 Å². The average Bonchev–Trinajstić information content (AvgIpc) is 2.16. The highest BCUT2D eigenvalue weighted by atomic mass is 79.9. The molecule has 84 valence electrons. The van der Waals surface area contributed by atoms with Gasteiger partial charge in [-0.1, -0.05) is 35.8 Å². The molecule has 1 nitrogen and oxygen atoms in total. The van der Waals surface area contributed by atoms with E-state index in [1.54, 1.807) is 19.2 Å². The predicted molar refractivity (Wildman–Crippen MR) is 64.4 cm³/mol. The lowest BCUT2D eigenvalue weighted by Crippen LogP contribution is -2.03. The lowest BCUT2D eigenvalue weighted by atomic mass is 9.96. The summed E-state index contributed by atoms with van der Waals surface area (Å²) in [6.45, 7) is 4.10. The molecule has 2 atom stereocenters. The van der Waals surface area contributed by atoms with Crippen LogP contribution in [0.25, 0.3) is 0 Å². The molecular formula is C12H16BrFO. The molecule has 0 heterocycles. The Hall–Kier alpha value is -0.570. The Balaban J connectivity index is 2.85. The molecule has 0 N–H and O–H groups in total. The average molecular weight is 275 g/mol. The number of ether oxygens (including phenoxy) is 1. The highest BCUT2D eigenvalue weighted by Crippen LogP contribution is 2.27. The van der Waals surface area contributed by atoms with Gasteiger partial charge >= 0.3 is 0 Å². The van der Waals surface area contributed by atoms with E-state index in [2.05, 4.69) is 22.9 Å². The largest absolute Gasteiger partial charge is 0.497 e. The van der Waals surface area contributed by atoms with E-state index in [0.717, 1.165) is 12.0 Å². The van der Waals surface area contributed by atoms with Crippen molar-refractivity contribution in [3.05, 3.63) is 29.6 Å². The van der Waals surface area contributed by atoms with E-state index in [-0.39, 0.29) is 11.7 Å². The minimum Gasteiger partial charge on any atom is -0.497 e. The molecule has 2 unspecified atom stereocenters. The number of benzene rings is 1. The first-order valence-corrected chi connectivity index (χ1v) is 5.93. The van der Waals surface area contributed by atoms with Gasteiger partial charge in [-0.15, -0.1) is 0 Å². The maximum absolute atomic E-state index is 13.6. The van der Waals surface area contributed by atoms with Crippen LogP contribution in [0, 0.1) is 5.82 Å². The monoisotopic (exact) mass is 274 g/mol. The molecular weight excluding hydrogens is 259 g/mol. The molecule has 0 amide bonds. The Bertz CT molecular complexity index is 325. The van der Waals surface area contributed by atoms with Gasteiger partial charge in [-0.2, -0.15) is 0 Å². The van der Waals surface area contributed by atoms with Crippen molar-refractivity contribution in [2.45, 2.75) is 31.0 Å². The summed E-state index contributed by atoms with van der Waals surface area (Å²) in [7, 11) is 1.54. The number of hydrogen-bond acceptors (Lipinski definition) is 1. The van der Waals surface area contributed by atoms with Crippen LogP contribution in [0.5, 0.6) is 5.75 Å². The third-order valence-electron chi connectivity index (χ3n) is 2.42. The molecule has 1 rings (SSSR count). The Kier molecular flexibility index (Phi) is 4.58. The van der Waals surface area contributed by atoms with Gasteiger partial charge in [0.25, 0.3) is 0 Å². The number of rotatable bonds is 4. The van der Waals surface area contributed by atoms with E-state index in [9.17, 15) is 4.39 Å². The lowest BCUT2D eigenvalue weighted by Gasteiger charge is -2.14. The smallest absolute Gasteiger partial charge is 0.130 e. The summed E-state index contributed by atoms with van der Waals surface area (Å²) in [6, 6.07) is 5.03. The third-order valence-corrected chi connectivity index (χ3v) is 2.79.